The second-order valence-corrected chi connectivity index (χ2v) is 9.66. The highest BCUT2D eigenvalue weighted by Crippen LogP contribution is 2.39. The maximum Gasteiger partial charge on any atom is 0.433 e. The molecule has 0 spiro atoms. The number of rotatable bonds is 7. The molecule has 1 unspecified atom stereocenters. The summed E-state index contributed by atoms with van der Waals surface area (Å²) >= 11 is 1.34. The van der Waals surface area contributed by atoms with Crippen LogP contribution >= 0.6 is 11.8 Å². The summed E-state index contributed by atoms with van der Waals surface area (Å²) in [5.74, 6) is 1.81. The second kappa shape index (κ2) is 9.98. The molecular formula is C22H24F3NO3S2. The van der Waals surface area contributed by atoms with Gasteiger partial charge < -0.3 is 5.11 Å². The third kappa shape index (κ3) is 5.76. The fourth-order valence-electron chi connectivity index (χ4n) is 2.66. The first-order valence-corrected chi connectivity index (χ1v) is 12.2. The lowest BCUT2D eigenvalue weighted by Crippen LogP contribution is -2.41. The van der Waals surface area contributed by atoms with Gasteiger partial charge in [0.2, 0.25) is 5.60 Å². The van der Waals surface area contributed by atoms with Gasteiger partial charge in [0.25, 0.3) is 10.0 Å². The minimum absolute atomic E-state index is 0.0802. The zero-order chi connectivity index (χ0) is 23.3. The lowest BCUT2D eigenvalue weighted by atomic mass is 9.94. The average molecular weight is 472 g/mol. The molecule has 0 amide bonds. The molecule has 0 aliphatic carbocycles. The summed E-state index contributed by atoms with van der Waals surface area (Å²) in [5, 5.41) is 10.5. The first-order chi connectivity index (χ1) is 14.5. The third-order valence-corrected chi connectivity index (χ3v) is 7.07. The Morgan fingerprint density at radius 2 is 1.65 bits per heavy atom. The van der Waals surface area contributed by atoms with Crippen LogP contribution in [0.5, 0.6) is 0 Å². The van der Waals surface area contributed by atoms with Crippen molar-refractivity contribution in [3.05, 3.63) is 59.7 Å². The number of nitrogens with zero attached hydrogens (tertiary/aromatic N) is 1. The van der Waals surface area contributed by atoms with Gasteiger partial charge in [-0.25, -0.2) is 12.7 Å². The number of aryl methyl sites for hydroxylation is 1. The van der Waals surface area contributed by atoms with Crippen LogP contribution in [0.2, 0.25) is 0 Å². The number of hydrogen-bond acceptors (Lipinski definition) is 4. The molecule has 0 aliphatic rings. The van der Waals surface area contributed by atoms with Crippen molar-refractivity contribution in [2.24, 2.45) is 0 Å². The second-order valence-electron chi connectivity index (χ2n) is 6.92. The number of halogens is 3. The largest absolute Gasteiger partial charge is 0.433 e. The van der Waals surface area contributed by atoms with Crippen LogP contribution in [0.3, 0.4) is 0 Å². The summed E-state index contributed by atoms with van der Waals surface area (Å²) in [6.45, 7) is 3.51. The van der Waals surface area contributed by atoms with Crippen LogP contribution in [0.1, 0.15) is 30.9 Å². The Morgan fingerprint density at radius 1 is 1.06 bits per heavy atom. The van der Waals surface area contributed by atoms with Crippen molar-refractivity contribution in [3.8, 4) is 12.0 Å². The van der Waals surface area contributed by atoms with Gasteiger partial charge in [0.05, 0.1) is 4.90 Å². The highest BCUT2D eigenvalue weighted by Gasteiger charge is 2.54. The standard InChI is InChI=1S/C22H24F3NO3S2/c1-4-5-15-26(31(28,29)20-12-6-17(2)7-13-20)16-14-21(27,22(23,24)25)18-8-10-19(30-3)11-9-18/h6-13,27H,4-5,15H2,1-3H3. The van der Waals surface area contributed by atoms with Crippen molar-refractivity contribution < 1.29 is 26.7 Å². The maximum atomic E-state index is 13.8. The van der Waals surface area contributed by atoms with E-state index in [4.69, 9.17) is 0 Å². The molecule has 0 aliphatic heterocycles. The lowest BCUT2D eigenvalue weighted by molar-refractivity contribution is -0.240. The first-order valence-electron chi connectivity index (χ1n) is 9.51. The molecule has 0 saturated heterocycles. The Hall–Kier alpha value is -2.15. The molecule has 168 valence electrons. The molecule has 0 aromatic heterocycles. The van der Waals surface area contributed by atoms with Gasteiger partial charge in [-0.2, -0.15) is 13.2 Å². The molecule has 1 atom stereocenters. The number of aliphatic hydroxyl groups is 1. The summed E-state index contributed by atoms with van der Waals surface area (Å²) in [4.78, 5) is 0.635. The number of thioether (sulfide) groups is 1. The number of hydrogen-bond donors (Lipinski definition) is 1. The fraction of sp³-hybridized carbons (Fsp3) is 0.364. The minimum Gasteiger partial charge on any atom is -0.366 e. The van der Waals surface area contributed by atoms with E-state index in [-0.39, 0.29) is 11.4 Å². The van der Waals surface area contributed by atoms with Gasteiger partial charge in [-0.15, -0.1) is 11.8 Å². The van der Waals surface area contributed by atoms with Gasteiger partial charge in [0.1, 0.15) is 0 Å². The van der Waals surface area contributed by atoms with Crippen LogP contribution in [0.4, 0.5) is 13.2 Å². The Kier molecular flexibility index (Phi) is 8.09. The van der Waals surface area contributed by atoms with Crippen LogP contribution in [0.15, 0.2) is 58.3 Å². The molecule has 2 aromatic carbocycles. The highest BCUT2D eigenvalue weighted by molar-refractivity contribution is 7.98. The van der Waals surface area contributed by atoms with Crippen LogP contribution in [0.25, 0.3) is 0 Å². The van der Waals surface area contributed by atoms with Crippen molar-refractivity contribution >= 4 is 21.8 Å². The fourth-order valence-corrected chi connectivity index (χ4v) is 4.34. The van der Waals surface area contributed by atoms with Crippen molar-refractivity contribution in [1.82, 2.24) is 4.31 Å². The summed E-state index contributed by atoms with van der Waals surface area (Å²) in [6.07, 6.45) is -2.36. The van der Waals surface area contributed by atoms with Gasteiger partial charge in [-0.05, 0) is 49.8 Å². The minimum atomic E-state index is -5.13. The topological polar surface area (TPSA) is 57.6 Å². The monoisotopic (exact) mass is 471 g/mol. The van der Waals surface area contributed by atoms with E-state index in [1.54, 1.807) is 31.2 Å². The SMILES string of the molecule is CCCCN(C#CC(O)(c1ccc(SC)cc1)C(F)(F)F)S(=O)(=O)c1ccc(C)cc1. The van der Waals surface area contributed by atoms with E-state index in [0.29, 0.717) is 22.0 Å². The van der Waals surface area contributed by atoms with Gasteiger partial charge in [0.15, 0.2) is 0 Å². The van der Waals surface area contributed by atoms with Crippen molar-refractivity contribution in [2.75, 3.05) is 12.8 Å². The molecule has 0 bridgehead atoms. The normalized spacial score (nSPS) is 13.8. The predicted molar refractivity (Wildman–Crippen MR) is 116 cm³/mol. The zero-order valence-electron chi connectivity index (χ0n) is 17.4. The van der Waals surface area contributed by atoms with Gasteiger partial charge >= 0.3 is 6.18 Å². The zero-order valence-corrected chi connectivity index (χ0v) is 19.0. The average Bonchev–Trinajstić information content (AvgIpc) is 2.73. The number of alkyl halides is 3. The molecule has 0 radical (unpaired) electrons. The van der Waals surface area contributed by atoms with Crippen LogP contribution in [0, 0.1) is 18.9 Å². The Bertz CT molecular complexity index is 1040. The quantitative estimate of drug-likeness (QED) is 0.354. The summed E-state index contributed by atoms with van der Waals surface area (Å²) < 4.78 is 68.1. The smallest absolute Gasteiger partial charge is 0.366 e. The van der Waals surface area contributed by atoms with E-state index < -0.39 is 27.4 Å². The van der Waals surface area contributed by atoms with E-state index >= 15 is 0 Å². The summed E-state index contributed by atoms with van der Waals surface area (Å²) in [6, 6.07) is 13.2. The predicted octanol–water partition coefficient (Wildman–Crippen LogP) is 4.92. The molecule has 0 saturated carbocycles. The van der Waals surface area contributed by atoms with Crippen molar-refractivity contribution in [3.63, 3.8) is 0 Å². The molecule has 31 heavy (non-hydrogen) atoms. The Balaban J connectivity index is 2.55. The molecule has 9 heteroatoms. The molecule has 2 rings (SSSR count). The molecule has 0 fully saturated rings. The number of unbranched alkanes of at least 4 members (excludes halogenated alkanes) is 1. The van der Waals surface area contributed by atoms with E-state index in [2.05, 4.69) is 6.04 Å². The molecule has 1 N–H and O–H groups in total. The van der Waals surface area contributed by atoms with Crippen molar-refractivity contribution in [2.45, 2.75) is 48.3 Å². The maximum absolute atomic E-state index is 13.8. The first kappa shape index (κ1) is 25.1. The van der Waals surface area contributed by atoms with E-state index in [0.717, 1.165) is 17.7 Å². The molecule has 2 aromatic rings. The van der Waals surface area contributed by atoms with Crippen LogP contribution in [-0.4, -0.2) is 36.8 Å². The van der Waals surface area contributed by atoms with E-state index in [1.807, 2.05) is 6.92 Å². The van der Waals surface area contributed by atoms with E-state index in [9.17, 15) is 26.7 Å². The summed E-state index contributed by atoms with van der Waals surface area (Å²) in [7, 11) is -4.17. The van der Waals surface area contributed by atoms with Gasteiger partial charge in [0, 0.05) is 23.0 Å². The highest BCUT2D eigenvalue weighted by atomic mass is 32.2. The number of benzene rings is 2. The van der Waals surface area contributed by atoms with Gasteiger partial charge in [-0.3, -0.25) is 0 Å². The lowest BCUT2D eigenvalue weighted by Gasteiger charge is -2.26. The Labute approximate surface area is 185 Å². The number of sulfonamides is 1. The van der Waals surface area contributed by atoms with Gasteiger partial charge in [-0.1, -0.05) is 43.2 Å². The van der Waals surface area contributed by atoms with Crippen LogP contribution in [-0.2, 0) is 15.6 Å². The molecule has 4 nitrogen and oxygen atoms in total. The Morgan fingerprint density at radius 3 is 2.13 bits per heavy atom. The molecule has 0 heterocycles. The summed E-state index contributed by atoms with van der Waals surface area (Å²) in [5.41, 5.74) is -3.16. The third-order valence-electron chi connectivity index (χ3n) is 4.60. The van der Waals surface area contributed by atoms with E-state index in [1.165, 1.54) is 36.0 Å². The van der Waals surface area contributed by atoms with Crippen LogP contribution < -0.4 is 0 Å². The molecular weight excluding hydrogens is 447 g/mol. The van der Waals surface area contributed by atoms with Crippen molar-refractivity contribution in [1.29, 1.82) is 0 Å².